The number of nitrogens with one attached hydrogen (secondary N) is 1. The van der Waals surface area contributed by atoms with Crippen LogP contribution < -0.4 is 5.32 Å². The summed E-state index contributed by atoms with van der Waals surface area (Å²) < 4.78 is 0. The number of fused-ring (bicyclic) bond motifs is 1. The number of anilines is 1. The second-order valence-corrected chi connectivity index (χ2v) is 6.05. The molecule has 0 aliphatic carbocycles. The summed E-state index contributed by atoms with van der Waals surface area (Å²) in [5.74, 6) is 0. The molecule has 0 fully saturated rings. The van der Waals surface area contributed by atoms with Crippen LogP contribution in [0.15, 0.2) is 36.4 Å². The third-order valence-corrected chi connectivity index (χ3v) is 4.67. The van der Waals surface area contributed by atoms with Crippen molar-refractivity contribution in [2.75, 3.05) is 31.6 Å². The van der Waals surface area contributed by atoms with Crippen molar-refractivity contribution >= 4 is 5.69 Å². The molecule has 2 aromatic carbocycles. The van der Waals surface area contributed by atoms with Gasteiger partial charge < -0.3 is 10.4 Å². The lowest BCUT2D eigenvalue weighted by Gasteiger charge is -2.31. The van der Waals surface area contributed by atoms with Crippen molar-refractivity contribution in [3.05, 3.63) is 53.1 Å². The maximum Gasteiger partial charge on any atom is 0.101 e. The van der Waals surface area contributed by atoms with E-state index in [-0.39, 0.29) is 6.61 Å². The molecule has 0 unspecified atom stereocenters. The Kier molecular flexibility index (Phi) is 5.14. The van der Waals surface area contributed by atoms with Crippen LogP contribution in [0.1, 0.15) is 23.6 Å². The zero-order valence-electron chi connectivity index (χ0n) is 14.0. The summed E-state index contributed by atoms with van der Waals surface area (Å²) in [5.41, 5.74) is 6.38. The number of hydrogen-bond acceptors (Lipinski definition) is 4. The normalized spacial score (nSPS) is 14.0. The van der Waals surface area contributed by atoms with E-state index >= 15 is 0 Å². The first kappa shape index (κ1) is 16.5. The minimum atomic E-state index is 0.0531. The molecular weight excluding hydrogens is 298 g/mol. The van der Waals surface area contributed by atoms with Gasteiger partial charge in [0, 0.05) is 19.6 Å². The molecule has 1 aliphatic rings. The first-order valence-electron chi connectivity index (χ1n) is 8.49. The van der Waals surface area contributed by atoms with E-state index in [2.05, 4.69) is 35.3 Å². The van der Waals surface area contributed by atoms with Gasteiger partial charge in [-0.05, 0) is 41.3 Å². The molecular formula is C20H23N3O. The predicted octanol–water partition coefficient (Wildman–Crippen LogP) is 3.01. The molecule has 0 amide bonds. The minimum absolute atomic E-state index is 0.0531. The molecule has 0 saturated carbocycles. The van der Waals surface area contributed by atoms with Crippen LogP contribution in [0.3, 0.4) is 0 Å². The summed E-state index contributed by atoms with van der Waals surface area (Å²) in [6.07, 6.45) is 0.979. The molecule has 124 valence electrons. The Morgan fingerprint density at radius 3 is 2.71 bits per heavy atom. The van der Waals surface area contributed by atoms with E-state index in [0.717, 1.165) is 42.9 Å². The first-order chi connectivity index (χ1) is 11.8. The van der Waals surface area contributed by atoms with Gasteiger partial charge in [0.15, 0.2) is 0 Å². The van der Waals surface area contributed by atoms with Crippen molar-refractivity contribution in [3.63, 3.8) is 0 Å². The molecule has 4 heteroatoms. The van der Waals surface area contributed by atoms with Crippen molar-refractivity contribution in [2.24, 2.45) is 0 Å². The predicted molar refractivity (Wildman–Crippen MR) is 96.8 cm³/mol. The molecule has 2 N–H and O–H groups in total. The van der Waals surface area contributed by atoms with Crippen LogP contribution in [0.25, 0.3) is 11.1 Å². The molecule has 3 rings (SSSR count). The lowest BCUT2D eigenvalue weighted by atomic mass is 9.87. The van der Waals surface area contributed by atoms with Crippen molar-refractivity contribution in [2.45, 2.75) is 19.9 Å². The molecule has 0 spiro atoms. The Hall–Kier alpha value is -2.35. The fourth-order valence-electron chi connectivity index (χ4n) is 3.43. The highest BCUT2D eigenvalue weighted by molar-refractivity contribution is 5.78. The minimum Gasteiger partial charge on any atom is -0.395 e. The van der Waals surface area contributed by atoms with Crippen LogP contribution in [0.5, 0.6) is 0 Å². The summed E-state index contributed by atoms with van der Waals surface area (Å²) in [6, 6.07) is 14.6. The van der Waals surface area contributed by atoms with Crippen LogP contribution in [-0.4, -0.2) is 36.2 Å². The molecule has 4 nitrogen and oxygen atoms in total. The lowest BCUT2D eigenvalue weighted by molar-refractivity contribution is 0.268. The Morgan fingerprint density at radius 2 is 2.04 bits per heavy atom. The molecule has 2 aromatic rings. The highest BCUT2D eigenvalue weighted by Gasteiger charge is 2.24. The largest absolute Gasteiger partial charge is 0.395 e. The van der Waals surface area contributed by atoms with Gasteiger partial charge in [-0.25, -0.2) is 0 Å². The van der Waals surface area contributed by atoms with Crippen LogP contribution >= 0.6 is 0 Å². The number of benzene rings is 2. The van der Waals surface area contributed by atoms with Gasteiger partial charge in [0.1, 0.15) is 6.07 Å². The zero-order chi connectivity index (χ0) is 16.9. The summed E-state index contributed by atoms with van der Waals surface area (Å²) in [6.45, 7) is 5.55. The quantitative estimate of drug-likeness (QED) is 0.889. The van der Waals surface area contributed by atoms with Gasteiger partial charge >= 0.3 is 0 Å². The monoisotopic (exact) mass is 321 g/mol. The number of hydrogen-bond donors (Lipinski definition) is 2. The van der Waals surface area contributed by atoms with Gasteiger partial charge in [-0.3, -0.25) is 4.90 Å². The van der Waals surface area contributed by atoms with Gasteiger partial charge in [0.2, 0.25) is 0 Å². The molecule has 0 saturated heterocycles. The maximum atomic E-state index is 9.65. The van der Waals surface area contributed by atoms with Gasteiger partial charge in [-0.1, -0.05) is 37.3 Å². The second kappa shape index (κ2) is 7.48. The number of rotatable bonds is 5. The highest BCUT2D eigenvalue weighted by atomic mass is 16.3. The molecule has 0 bridgehead atoms. The van der Waals surface area contributed by atoms with Crippen LogP contribution in [0.2, 0.25) is 0 Å². The molecule has 0 atom stereocenters. The zero-order valence-corrected chi connectivity index (χ0v) is 14.0. The SMILES string of the molecule is CCN1CCc2c(-c3ccccc3)cc(C#N)c(NCCO)c2C1. The van der Waals surface area contributed by atoms with Gasteiger partial charge in [-0.2, -0.15) is 5.26 Å². The van der Waals surface area contributed by atoms with E-state index in [9.17, 15) is 10.4 Å². The van der Waals surface area contributed by atoms with Crippen molar-refractivity contribution in [3.8, 4) is 17.2 Å². The number of aliphatic hydroxyl groups excluding tert-OH is 1. The maximum absolute atomic E-state index is 9.65. The highest BCUT2D eigenvalue weighted by Crippen LogP contribution is 2.37. The van der Waals surface area contributed by atoms with Crippen molar-refractivity contribution < 1.29 is 5.11 Å². The van der Waals surface area contributed by atoms with Crippen LogP contribution in [0.4, 0.5) is 5.69 Å². The molecule has 24 heavy (non-hydrogen) atoms. The topological polar surface area (TPSA) is 59.3 Å². The lowest BCUT2D eigenvalue weighted by Crippen LogP contribution is -2.31. The molecule has 0 radical (unpaired) electrons. The van der Waals surface area contributed by atoms with Crippen LogP contribution in [-0.2, 0) is 13.0 Å². The Balaban J connectivity index is 2.17. The van der Waals surface area contributed by atoms with Gasteiger partial charge in [-0.15, -0.1) is 0 Å². The Labute approximate surface area is 143 Å². The van der Waals surface area contributed by atoms with Crippen molar-refractivity contribution in [1.82, 2.24) is 4.90 Å². The van der Waals surface area contributed by atoms with E-state index in [1.807, 2.05) is 24.3 Å². The number of likely N-dealkylation sites (N-methyl/N-ethyl adjacent to an activating group) is 1. The average molecular weight is 321 g/mol. The summed E-state index contributed by atoms with van der Waals surface area (Å²) >= 11 is 0. The van der Waals surface area contributed by atoms with Gasteiger partial charge in [0.25, 0.3) is 0 Å². The molecule has 1 heterocycles. The Morgan fingerprint density at radius 1 is 1.25 bits per heavy atom. The van der Waals surface area contributed by atoms with Gasteiger partial charge in [0.05, 0.1) is 17.9 Å². The fourth-order valence-corrected chi connectivity index (χ4v) is 3.43. The third-order valence-electron chi connectivity index (χ3n) is 4.67. The first-order valence-corrected chi connectivity index (χ1v) is 8.49. The fraction of sp³-hybridized carbons (Fsp3) is 0.350. The summed E-state index contributed by atoms with van der Waals surface area (Å²) in [7, 11) is 0. The standard InChI is InChI=1S/C20H23N3O/c1-2-23-10-8-17-18(15-6-4-3-5-7-15)12-16(13-21)20(19(17)14-23)22-9-11-24/h3-7,12,22,24H,2,8-11,14H2,1H3. The van der Waals surface area contributed by atoms with Crippen molar-refractivity contribution in [1.29, 1.82) is 5.26 Å². The Bertz CT molecular complexity index is 750. The number of aliphatic hydroxyl groups is 1. The number of nitrogens with zero attached hydrogens (tertiary/aromatic N) is 2. The summed E-state index contributed by atoms with van der Waals surface area (Å²) in [5, 5.41) is 22.1. The number of nitriles is 1. The van der Waals surface area contributed by atoms with E-state index in [4.69, 9.17) is 0 Å². The average Bonchev–Trinajstić information content (AvgIpc) is 2.65. The van der Waals surface area contributed by atoms with E-state index in [1.165, 1.54) is 11.1 Å². The van der Waals surface area contributed by atoms with E-state index in [1.54, 1.807) is 0 Å². The smallest absolute Gasteiger partial charge is 0.101 e. The van der Waals surface area contributed by atoms with E-state index < -0.39 is 0 Å². The summed E-state index contributed by atoms with van der Waals surface area (Å²) in [4.78, 5) is 2.39. The van der Waals surface area contributed by atoms with E-state index in [0.29, 0.717) is 12.1 Å². The second-order valence-electron chi connectivity index (χ2n) is 6.05. The molecule has 1 aliphatic heterocycles. The van der Waals surface area contributed by atoms with Crippen LogP contribution in [0, 0.1) is 11.3 Å². The third kappa shape index (κ3) is 3.14. The molecule has 0 aromatic heterocycles.